The molecule has 0 spiro atoms. The summed E-state index contributed by atoms with van der Waals surface area (Å²) in [6.45, 7) is 6.67. The molecule has 0 aliphatic carbocycles. The van der Waals surface area contributed by atoms with E-state index in [2.05, 4.69) is 39.1 Å². The Bertz CT molecular complexity index is 807. The third-order valence-electron chi connectivity index (χ3n) is 3.38. The molecule has 0 saturated heterocycles. The van der Waals surface area contributed by atoms with Gasteiger partial charge < -0.3 is 15.6 Å². The highest BCUT2D eigenvalue weighted by atomic mass is 15.2. The van der Waals surface area contributed by atoms with Gasteiger partial charge in [0, 0.05) is 11.7 Å². The van der Waals surface area contributed by atoms with E-state index in [0.29, 0.717) is 12.4 Å². The Morgan fingerprint density at radius 3 is 2.77 bits per heavy atom. The van der Waals surface area contributed by atoms with Crippen LogP contribution in [0.15, 0.2) is 24.5 Å². The van der Waals surface area contributed by atoms with E-state index in [1.165, 1.54) is 0 Å². The van der Waals surface area contributed by atoms with Crippen molar-refractivity contribution in [1.29, 1.82) is 0 Å². The summed E-state index contributed by atoms with van der Waals surface area (Å²) < 4.78 is 1.98. The molecule has 0 saturated carbocycles. The molecule has 22 heavy (non-hydrogen) atoms. The highest BCUT2D eigenvalue weighted by Crippen LogP contribution is 2.22. The second kappa shape index (κ2) is 5.59. The predicted molar refractivity (Wildman–Crippen MR) is 86.4 cm³/mol. The number of imidazole rings is 1. The summed E-state index contributed by atoms with van der Waals surface area (Å²) >= 11 is 0. The Morgan fingerprint density at radius 1 is 1.23 bits per heavy atom. The van der Waals surface area contributed by atoms with Gasteiger partial charge in [-0.2, -0.15) is 9.97 Å². The van der Waals surface area contributed by atoms with Gasteiger partial charge in [0.2, 0.25) is 5.95 Å². The molecule has 0 aromatic carbocycles. The number of hydrogen-bond donors (Lipinski definition) is 2. The molecule has 0 fully saturated rings. The molecule has 114 valence electrons. The number of anilines is 2. The van der Waals surface area contributed by atoms with Gasteiger partial charge in [-0.15, -0.1) is 0 Å². The van der Waals surface area contributed by atoms with Crippen molar-refractivity contribution in [2.75, 3.05) is 11.1 Å². The molecule has 3 heterocycles. The number of fused-ring (bicyclic) bond motifs is 1. The highest BCUT2D eigenvalue weighted by Gasteiger charge is 2.13. The summed E-state index contributed by atoms with van der Waals surface area (Å²) in [7, 11) is 0. The first-order chi connectivity index (χ1) is 10.5. The second-order valence-corrected chi connectivity index (χ2v) is 5.47. The molecule has 0 aliphatic rings. The molecule has 7 heteroatoms. The molecule has 7 nitrogen and oxygen atoms in total. The number of hydrogen-bond acceptors (Lipinski definition) is 6. The molecule has 0 amide bonds. The van der Waals surface area contributed by atoms with Crippen molar-refractivity contribution in [3.05, 3.63) is 35.9 Å². The van der Waals surface area contributed by atoms with E-state index >= 15 is 0 Å². The topological polar surface area (TPSA) is 94.5 Å². The summed E-state index contributed by atoms with van der Waals surface area (Å²) in [4.78, 5) is 17.4. The first-order valence-electron chi connectivity index (χ1n) is 7.21. The minimum Gasteiger partial charge on any atom is -0.368 e. The van der Waals surface area contributed by atoms with E-state index in [1.54, 1.807) is 6.33 Å². The fourth-order valence-corrected chi connectivity index (χ4v) is 2.31. The molecule has 0 bridgehead atoms. The molecule has 3 aromatic rings. The smallest absolute Gasteiger partial charge is 0.224 e. The third-order valence-corrected chi connectivity index (χ3v) is 3.38. The first kappa shape index (κ1) is 14.2. The average Bonchev–Trinajstić information content (AvgIpc) is 2.88. The SMILES string of the molecule is Cc1cccc(CNc2nc(N)nc3c2ncn3C(C)C)n1. The lowest BCUT2D eigenvalue weighted by Gasteiger charge is -2.09. The van der Waals surface area contributed by atoms with E-state index < -0.39 is 0 Å². The molecule has 0 radical (unpaired) electrons. The monoisotopic (exact) mass is 297 g/mol. The van der Waals surface area contributed by atoms with Crippen LogP contribution in [0.4, 0.5) is 11.8 Å². The van der Waals surface area contributed by atoms with Crippen LogP contribution in [0.3, 0.4) is 0 Å². The van der Waals surface area contributed by atoms with E-state index in [-0.39, 0.29) is 12.0 Å². The van der Waals surface area contributed by atoms with Crippen LogP contribution < -0.4 is 11.1 Å². The highest BCUT2D eigenvalue weighted by molar-refractivity contribution is 5.84. The fraction of sp³-hybridized carbons (Fsp3) is 0.333. The zero-order valence-corrected chi connectivity index (χ0v) is 12.9. The Labute approximate surface area is 128 Å². The standard InChI is InChI=1S/C15H19N7/c1-9(2)22-8-18-12-13(20-15(16)21-14(12)22)17-7-11-6-4-5-10(3)19-11/h4-6,8-9H,7H2,1-3H3,(H3,16,17,20,21). The number of pyridine rings is 1. The van der Waals surface area contributed by atoms with Crippen molar-refractivity contribution < 1.29 is 0 Å². The zero-order valence-electron chi connectivity index (χ0n) is 12.9. The molecular formula is C15H19N7. The molecular weight excluding hydrogens is 278 g/mol. The van der Waals surface area contributed by atoms with Crippen LogP contribution in [0, 0.1) is 6.92 Å². The zero-order chi connectivity index (χ0) is 15.7. The number of nitrogens with one attached hydrogen (secondary N) is 1. The van der Waals surface area contributed by atoms with Gasteiger partial charge in [-0.3, -0.25) is 4.98 Å². The number of aryl methyl sites for hydroxylation is 1. The number of aromatic nitrogens is 5. The van der Waals surface area contributed by atoms with Crippen molar-refractivity contribution in [2.45, 2.75) is 33.4 Å². The van der Waals surface area contributed by atoms with Crippen LogP contribution in [-0.2, 0) is 6.54 Å². The largest absolute Gasteiger partial charge is 0.368 e. The number of nitrogen functional groups attached to an aromatic ring is 1. The van der Waals surface area contributed by atoms with Crippen LogP contribution in [-0.4, -0.2) is 24.5 Å². The first-order valence-corrected chi connectivity index (χ1v) is 7.21. The van der Waals surface area contributed by atoms with Crippen molar-refractivity contribution in [2.24, 2.45) is 0 Å². The Balaban J connectivity index is 1.93. The molecule has 0 atom stereocenters. The maximum atomic E-state index is 5.83. The summed E-state index contributed by atoms with van der Waals surface area (Å²) in [5.41, 5.74) is 9.20. The molecule has 0 aliphatic heterocycles. The van der Waals surface area contributed by atoms with Crippen LogP contribution in [0.2, 0.25) is 0 Å². The van der Waals surface area contributed by atoms with Crippen LogP contribution >= 0.6 is 0 Å². The van der Waals surface area contributed by atoms with Gasteiger partial charge in [0.1, 0.15) is 0 Å². The fourth-order valence-electron chi connectivity index (χ4n) is 2.31. The maximum absolute atomic E-state index is 5.83. The van der Waals surface area contributed by atoms with Gasteiger partial charge in [0.25, 0.3) is 0 Å². The minimum absolute atomic E-state index is 0.231. The quantitative estimate of drug-likeness (QED) is 0.767. The van der Waals surface area contributed by atoms with Gasteiger partial charge in [-0.25, -0.2) is 4.98 Å². The lowest BCUT2D eigenvalue weighted by atomic mass is 10.3. The van der Waals surface area contributed by atoms with Crippen molar-refractivity contribution in [1.82, 2.24) is 24.5 Å². The summed E-state index contributed by atoms with van der Waals surface area (Å²) in [6.07, 6.45) is 1.76. The minimum atomic E-state index is 0.231. The van der Waals surface area contributed by atoms with Gasteiger partial charge in [0.05, 0.1) is 18.6 Å². The Hall–Kier alpha value is -2.70. The number of rotatable bonds is 4. The van der Waals surface area contributed by atoms with Crippen LogP contribution in [0.5, 0.6) is 0 Å². The van der Waals surface area contributed by atoms with E-state index in [1.807, 2.05) is 29.7 Å². The number of nitrogens with zero attached hydrogens (tertiary/aromatic N) is 5. The summed E-state index contributed by atoms with van der Waals surface area (Å²) in [6, 6.07) is 6.17. The van der Waals surface area contributed by atoms with E-state index in [4.69, 9.17) is 5.73 Å². The van der Waals surface area contributed by atoms with Gasteiger partial charge in [0.15, 0.2) is 17.0 Å². The molecule has 3 N–H and O–H groups in total. The van der Waals surface area contributed by atoms with Crippen LogP contribution in [0.1, 0.15) is 31.3 Å². The normalized spacial score (nSPS) is 11.3. The van der Waals surface area contributed by atoms with Crippen LogP contribution in [0.25, 0.3) is 11.2 Å². The van der Waals surface area contributed by atoms with E-state index in [0.717, 1.165) is 22.6 Å². The van der Waals surface area contributed by atoms with Gasteiger partial charge in [-0.1, -0.05) is 6.07 Å². The molecule has 0 unspecified atom stereocenters. The van der Waals surface area contributed by atoms with Gasteiger partial charge in [-0.05, 0) is 32.9 Å². The van der Waals surface area contributed by atoms with Crippen molar-refractivity contribution in [3.8, 4) is 0 Å². The lowest BCUT2D eigenvalue weighted by Crippen LogP contribution is -2.08. The third kappa shape index (κ3) is 2.69. The lowest BCUT2D eigenvalue weighted by molar-refractivity contribution is 0.613. The molecule has 3 rings (SSSR count). The predicted octanol–water partition coefficient (Wildman–Crippen LogP) is 2.30. The molecule has 3 aromatic heterocycles. The maximum Gasteiger partial charge on any atom is 0.224 e. The summed E-state index contributed by atoms with van der Waals surface area (Å²) in [5, 5.41) is 3.25. The Morgan fingerprint density at radius 2 is 2.05 bits per heavy atom. The second-order valence-electron chi connectivity index (χ2n) is 5.47. The Kier molecular flexibility index (Phi) is 3.62. The average molecular weight is 297 g/mol. The number of nitrogens with two attached hydrogens (primary N) is 1. The van der Waals surface area contributed by atoms with Gasteiger partial charge >= 0.3 is 0 Å². The van der Waals surface area contributed by atoms with E-state index in [9.17, 15) is 0 Å². The summed E-state index contributed by atoms with van der Waals surface area (Å²) in [5.74, 6) is 0.861. The van der Waals surface area contributed by atoms with Crippen molar-refractivity contribution >= 4 is 22.9 Å². The van der Waals surface area contributed by atoms with Crippen molar-refractivity contribution in [3.63, 3.8) is 0 Å².